The van der Waals surface area contributed by atoms with Gasteiger partial charge in [-0.15, -0.1) is 0 Å². The Hall–Kier alpha value is -3.19. The maximum atomic E-state index is 12.6. The van der Waals surface area contributed by atoms with Gasteiger partial charge in [-0.05, 0) is 31.5 Å². The van der Waals surface area contributed by atoms with Crippen molar-refractivity contribution in [3.63, 3.8) is 0 Å². The van der Waals surface area contributed by atoms with E-state index < -0.39 is 17.9 Å². The molecule has 1 aliphatic rings. The van der Waals surface area contributed by atoms with Crippen LogP contribution >= 0.6 is 15.9 Å². The fourth-order valence-corrected chi connectivity index (χ4v) is 3.46. The molecule has 1 unspecified atom stereocenters. The zero-order valence-corrected chi connectivity index (χ0v) is 18.5. The Balaban J connectivity index is 2.62. The lowest BCUT2D eigenvalue weighted by Crippen LogP contribution is -2.26. The van der Waals surface area contributed by atoms with E-state index >= 15 is 0 Å². The normalized spacial score (nSPS) is 15.8. The van der Waals surface area contributed by atoms with Crippen LogP contribution in [0.2, 0.25) is 0 Å². The van der Waals surface area contributed by atoms with E-state index in [2.05, 4.69) is 20.7 Å². The van der Waals surface area contributed by atoms with E-state index in [-0.39, 0.29) is 47.5 Å². The number of nitrogens with zero attached hydrogens (tertiary/aromatic N) is 1. The number of nitriles is 1. The Morgan fingerprint density at radius 1 is 1.30 bits per heavy atom. The molecule has 0 bridgehead atoms. The minimum Gasteiger partial charge on any atom is -0.493 e. The number of carbonyl (C=O) groups is 2. The number of ether oxygens (including phenoxy) is 5. The summed E-state index contributed by atoms with van der Waals surface area (Å²) in [7, 11) is 2.67. The number of methoxy groups -OCH3 is 2. The van der Waals surface area contributed by atoms with E-state index in [4.69, 9.17) is 24.7 Å². The van der Waals surface area contributed by atoms with Gasteiger partial charge in [-0.25, -0.2) is 9.59 Å². The summed E-state index contributed by atoms with van der Waals surface area (Å²) in [5.74, 6) is -1.39. The van der Waals surface area contributed by atoms with Gasteiger partial charge in [-0.1, -0.05) is 15.9 Å². The molecule has 0 aliphatic carbocycles. The maximum absolute atomic E-state index is 12.6. The van der Waals surface area contributed by atoms with Gasteiger partial charge in [0.05, 0.1) is 32.3 Å². The summed E-state index contributed by atoms with van der Waals surface area (Å²) in [5, 5.41) is 9.69. The predicted molar refractivity (Wildman–Crippen MR) is 108 cm³/mol. The molecule has 0 saturated heterocycles. The summed E-state index contributed by atoms with van der Waals surface area (Å²) in [4.78, 5) is 24.0. The van der Waals surface area contributed by atoms with E-state index in [9.17, 15) is 14.9 Å². The second kappa shape index (κ2) is 10.0. The van der Waals surface area contributed by atoms with E-state index in [0.717, 1.165) is 0 Å². The molecule has 2 rings (SSSR count). The molecular formula is C20H21BrN2O7. The van der Waals surface area contributed by atoms with Crippen molar-refractivity contribution in [2.45, 2.75) is 19.8 Å². The second-order valence-electron chi connectivity index (χ2n) is 6.00. The Labute approximate surface area is 182 Å². The second-order valence-corrected chi connectivity index (χ2v) is 6.86. The first-order valence-corrected chi connectivity index (χ1v) is 9.60. The molecule has 1 aliphatic heterocycles. The molecule has 0 saturated carbocycles. The molecule has 160 valence electrons. The highest BCUT2D eigenvalue weighted by atomic mass is 79.9. The molecule has 2 N–H and O–H groups in total. The standard InChI is InChI=1S/C20H21BrN2O7/c1-5-28-20(25)17-10(2)30-19(23)12(8-22)18(17)11-6-14(26-3)15(7-13(11)21)29-9-16(24)27-4/h6-7,18H,5,9,23H2,1-4H3. The van der Waals surface area contributed by atoms with Gasteiger partial charge in [0.15, 0.2) is 18.1 Å². The first kappa shape index (κ1) is 23.1. The first-order valence-electron chi connectivity index (χ1n) is 8.81. The van der Waals surface area contributed by atoms with Crippen LogP contribution in [-0.4, -0.2) is 39.4 Å². The number of nitrogens with two attached hydrogens (primary N) is 1. The molecule has 1 aromatic carbocycles. The summed E-state index contributed by atoms with van der Waals surface area (Å²) >= 11 is 3.44. The van der Waals surface area contributed by atoms with Gasteiger partial charge in [0.2, 0.25) is 5.88 Å². The van der Waals surface area contributed by atoms with E-state index in [1.54, 1.807) is 26.0 Å². The van der Waals surface area contributed by atoms with E-state index in [0.29, 0.717) is 10.0 Å². The Bertz CT molecular complexity index is 963. The summed E-state index contributed by atoms with van der Waals surface area (Å²) in [6.45, 7) is 3.07. The van der Waals surface area contributed by atoms with Gasteiger partial charge in [0.1, 0.15) is 17.4 Å². The topological polar surface area (TPSA) is 130 Å². The van der Waals surface area contributed by atoms with Crippen molar-refractivity contribution in [1.82, 2.24) is 0 Å². The summed E-state index contributed by atoms with van der Waals surface area (Å²) in [5.41, 5.74) is 6.62. The molecule has 0 fully saturated rings. The minimum atomic E-state index is -0.860. The first-order chi connectivity index (χ1) is 14.3. The average molecular weight is 481 g/mol. The number of hydrogen-bond acceptors (Lipinski definition) is 9. The van der Waals surface area contributed by atoms with Crippen molar-refractivity contribution >= 4 is 27.9 Å². The van der Waals surface area contributed by atoms with E-state index in [1.807, 2.05) is 6.07 Å². The van der Waals surface area contributed by atoms with Crippen LogP contribution in [-0.2, 0) is 23.8 Å². The minimum absolute atomic E-state index is 0.0506. The zero-order chi connectivity index (χ0) is 22.4. The van der Waals surface area contributed by atoms with Crippen molar-refractivity contribution < 1.29 is 33.3 Å². The van der Waals surface area contributed by atoms with Gasteiger partial charge >= 0.3 is 11.9 Å². The van der Waals surface area contributed by atoms with Crippen LogP contribution in [0, 0.1) is 11.3 Å². The number of rotatable bonds is 7. The van der Waals surface area contributed by atoms with Crippen molar-refractivity contribution in [3.8, 4) is 17.6 Å². The third-order valence-corrected chi connectivity index (χ3v) is 4.95. The van der Waals surface area contributed by atoms with Crippen LogP contribution in [0.15, 0.2) is 39.4 Å². The highest BCUT2D eigenvalue weighted by Gasteiger charge is 2.38. The zero-order valence-electron chi connectivity index (χ0n) is 16.9. The Kier molecular flexibility index (Phi) is 7.72. The lowest BCUT2D eigenvalue weighted by atomic mass is 9.83. The number of esters is 2. The molecule has 0 radical (unpaired) electrons. The number of allylic oxidation sites excluding steroid dienone is 2. The van der Waals surface area contributed by atoms with Crippen LogP contribution in [0.1, 0.15) is 25.3 Å². The van der Waals surface area contributed by atoms with Gasteiger partial charge in [0.25, 0.3) is 0 Å². The molecule has 9 nitrogen and oxygen atoms in total. The van der Waals surface area contributed by atoms with Gasteiger partial charge in [-0.3, -0.25) is 0 Å². The molecule has 1 atom stereocenters. The largest absolute Gasteiger partial charge is 0.493 e. The molecule has 0 amide bonds. The molecule has 0 spiro atoms. The summed E-state index contributed by atoms with van der Waals surface area (Å²) in [6.07, 6.45) is 0. The van der Waals surface area contributed by atoms with Crippen LogP contribution < -0.4 is 15.2 Å². The number of halogens is 1. The SMILES string of the molecule is CCOC(=O)C1=C(C)OC(N)=C(C#N)C1c1cc(OC)c(OCC(=O)OC)cc1Br. The van der Waals surface area contributed by atoms with Crippen molar-refractivity contribution in [3.05, 3.63) is 45.0 Å². The molecule has 1 aromatic rings. The fourth-order valence-electron chi connectivity index (χ4n) is 2.91. The molecular weight excluding hydrogens is 460 g/mol. The maximum Gasteiger partial charge on any atom is 0.343 e. The fraction of sp³-hybridized carbons (Fsp3) is 0.350. The number of carbonyl (C=O) groups excluding carboxylic acids is 2. The summed E-state index contributed by atoms with van der Waals surface area (Å²) < 4.78 is 26.4. The molecule has 30 heavy (non-hydrogen) atoms. The smallest absolute Gasteiger partial charge is 0.343 e. The van der Waals surface area contributed by atoms with Crippen LogP contribution in [0.5, 0.6) is 11.5 Å². The molecule has 0 aromatic heterocycles. The average Bonchev–Trinajstić information content (AvgIpc) is 2.71. The van der Waals surface area contributed by atoms with Gasteiger partial charge in [-0.2, -0.15) is 5.26 Å². The summed E-state index contributed by atoms with van der Waals surface area (Å²) in [6, 6.07) is 5.16. The van der Waals surface area contributed by atoms with Crippen molar-refractivity contribution in [2.24, 2.45) is 5.73 Å². The van der Waals surface area contributed by atoms with Crippen LogP contribution in [0.25, 0.3) is 0 Å². The Morgan fingerprint density at radius 3 is 2.57 bits per heavy atom. The third-order valence-electron chi connectivity index (χ3n) is 4.27. The lowest BCUT2D eigenvalue weighted by Gasteiger charge is -2.28. The highest BCUT2D eigenvalue weighted by molar-refractivity contribution is 9.10. The highest BCUT2D eigenvalue weighted by Crippen LogP contribution is 2.45. The van der Waals surface area contributed by atoms with Gasteiger partial charge < -0.3 is 29.4 Å². The number of hydrogen-bond donors (Lipinski definition) is 1. The van der Waals surface area contributed by atoms with Crippen LogP contribution in [0.4, 0.5) is 0 Å². The molecule has 10 heteroatoms. The third kappa shape index (κ3) is 4.68. The van der Waals surface area contributed by atoms with Gasteiger partial charge in [0, 0.05) is 4.47 Å². The van der Waals surface area contributed by atoms with Crippen LogP contribution in [0.3, 0.4) is 0 Å². The monoisotopic (exact) mass is 480 g/mol. The Morgan fingerprint density at radius 2 is 2.00 bits per heavy atom. The molecule has 1 heterocycles. The van der Waals surface area contributed by atoms with E-state index in [1.165, 1.54) is 14.2 Å². The quantitative estimate of drug-likeness (QED) is 0.584. The predicted octanol–water partition coefficient (Wildman–Crippen LogP) is 2.65. The number of benzene rings is 1. The van der Waals surface area contributed by atoms with Crippen molar-refractivity contribution in [1.29, 1.82) is 5.26 Å². The van der Waals surface area contributed by atoms with Crippen molar-refractivity contribution in [2.75, 3.05) is 27.4 Å². The lowest BCUT2D eigenvalue weighted by molar-refractivity contribution is -0.143.